The number of benzene rings is 1. The number of aliphatic hydroxyl groups excluding tert-OH is 1. The van der Waals surface area contributed by atoms with Crippen molar-refractivity contribution in [2.75, 3.05) is 6.54 Å². The highest BCUT2D eigenvalue weighted by molar-refractivity contribution is 5.70. The summed E-state index contributed by atoms with van der Waals surface area (Å²) in [6.45, 7) is 2.67. The largest absolute Gasteiger partial charge is 0.481 e. The number of hydrogen-bond acceptors (Lipinski definition) is 3. The molecule has 1 aliphatic carbocycles. The van der Waals surface area contributed by atoms with Crippen LogP contribution in [0.4, 0.5) is 0 Å². The molecule has 1 aromatic carbocycles. The molecule has 1 fully saturated rings. The van der Waals surface area contributed by atoms with E-state index in [1.165, 1.54) is 32.1 Å². The third-order valence-corrected chi connectivity index (χ3v) is 5.13. The van der Waals surface area contributed by atoms with E-state index in [1.807, 2.05) is 24.3 Å². The number of hydrogen-bond donors (Lipinski definition) is 3. The van der Waals surface area contributed by atoms with Gasteiger partial charge in [-0.1, -0.05) is 56.4 Å². The zero-order valence-electron chi connectivity index (χ0n) is 14.7. The van der Waals surface area contributed by atoms with Gasteiger partial charge < -0.3 is 15.5 Å². The van der Waals surface area contributed by atoms with Gasteiger partial charge in [-0.25, -0.2) is 0 Å². The molecule has 0 amide bonds. The van der Waals surface area contributed by atoms with E-state index in [9.17, 15) is 9.90 Å². The Hall–Kier alpha value is -1.39. The van der Waals surface area contributed by atoms with Gasteiger partial charge in [0.2, 0.25) is 0 Å². The molecule has 0 spiro atoms. The van der Waals surface area contributed by atoms with E-state index in [4.69, 9.17) is 5.11 Å². The molecular weight excluding hydrogens is 302 g/mol. The van der Waals surface area contributed by atoms with Gasteiger partial charge in [-0.3, -0.25) is 4.79 Å². The molecule has 134 valence electrons. The van der Waals surface area contributed by atoms with Crippen LogP contribution in [0, 0.1) is 5.92 Å². The quantitative estimate of drug-likeness (QED) is 0.645. The molecule has 2 rings (SSSR count). The highest BCUT2D eigenvalue weighted by atomic mass is 16.4. The van der Waals surface area contributed by atoms with Crippen LogP contribution in [0.5, 0.6) is 0 Å². The van der Waals surface area contributed by atoms with Gasteiger partial charge in [-0.15, -0.1) is 0 Å². The van der Waals surface area contributed by atoms with Gasteiger partial charge in [0.15, 0.2) is 0 Å². The summed E-state index contributed by atoms with van der Waals surface area (Å²) in [5, 5.41) is 22.4. The Labute approximate surface area is 145 Å². The molecule has 0 heterocycles. The molecule has 0 bridgehead atoms. The maximum atomic E-state index is 10.7. The lowest BCUT2D eigenvalue weighted by Gasteiger charge is -2.23. The first kappa shape index (κ1) is 18.9. The number of carboxylic acid groups (broad SMARTS) is 1. The zero-order valence-corrected chi connectivity index (χ0v) is 14.7. The predicted octanol–water partition coefficient (Wildman–Crippen LogP) is 3.69. The fraction of sp³-hybridized carbons (Fsp3) is 0.650. The smallest absolute Gasteiger partial charge is 0.307 e. The van der Waals surface area contributed by atoms with Crippen LogP contribution in [0.1, 0.15) is 69.0 Å². The van der Waals surface area contributed by atoms with Crippen molar-refractivity contribution in [3.63, 3.8) is 0 Å². The molecule has 2 atom stereocenters. The van der Waals surface area contributed by atoms with Gasteiger partial charge in [0, 0.05) is 12.6 Å². The Morgan fingerprint density at radius 1 is 1.21 bits per heavy atom. The van der Waals surface area contributed by atoms with Crippen molar-refractivity contribution in [2.24, 2.45) is 5.92 Å². The van der Waals surface area contributed by atoms with E-state index < -0.39 is 5.97 Å². The van der Waals surface area contributed by atoms with Crippen LogP contribution in [0.2, 0.25) is 0 Å². The molecule has 0 saturated heterocycles. The normalized spacial score (nSPS) is 18.2. The summed E-state index contributed by atoms with van der Waals surface area (Å²) in [5.74, 6) is 0.00242. The summed E-state index contributed by atoms with van der Waals surface area (Å²) in [4.78, 5) is 10.7. The van der Waals surface area contributed by atoms with Gasteiger partial charge in [-0.05, 0) is 36.8 Å². The lowest BCUT2D eigenvalue weighted by molar-refractivity contribution is -0.136. The number of aliphatic carboxylic acids is 1. The highest BCUT2D eigenvalue weighted by Gasteiger charge is 2.15. The van der Waals surface area contributed by atoms with E-state index in [1.54, 1.807) is 0 Å². The minimum absolute atomic E-state index is 0.0575. The first-order chi connectivity index (χ1) is 11.5. The first-order valence-corrected chi connectivity index (χ1v) is 9.26. The second kappa shape index (κ2) is 9.80. The van der Waals surface area contributed by atoms with Gasteiger partial charge in [0.1, 0.15) is 0 Å². The van der Waals surface area contributed by atoms with Crippen molar-refractivity contribution in [2.45, 2.75) is 70.4 Å². The minimum atomic E-state index is -0.810. The molecule has 24 heavy (non-hydrogen) atoms. The van der Waals surface area contributed by atoms with E-state index in [0.717, 1.165) is 29.9 Å². The number of rotatable bonds is 9. The minimum Gasteiger partial charge on any atom is -0.481 e. The molecule has 0 radical (unpaired) electrons. The summed E-state index contributed by atoms with van der Waals surface area (Å²) >= 11 is 0. The number of aliphatic hydroxyl groups is 1. The van der Waals surface area contributed by atoms with Gasteiger partial charge >= 0.3 is 5.97 Å². The number of carbonyl (C=O) groups is 1. The van der Waals surface area contributed by atoms with E-state index in [-0.39, 0.29) is 18.6 Å². The van der Waals surface area contributed by atoms with E-state index in [2.05, 4.69) is 12.2 Å². The maximum absolute atomic E-state index is 10.7. The summed E-state index contributed by atoms with van der Waals surface area (Å²) in [7, 11) is 0. The summed E-state index contributed by atoms with van der Waals surface area (Å²) < 4.78 is 0. The van der Waals surface area contributed by atoms with E-state index in [0.29, 0.717) is 6.54 Å². The van der Waals surface area contributed by atoms with Gasteiger partial charge in [-0.2, -0.15) is 0 Å². The van der Waals surface area contributed by atoms with Crippen molar-refractivity contribution < 1.29 is 15.0 Å². The summed E-state index contributed by atoms with van der Waals surface area (Å²) in [6, 6.07) is 7.80. The summed E-state index contributed by atoms with van der Waals surface area (Å²) in [5.41, 5.74) is 1.93. The van der Waals surface area contributed by atoms with Crippen LogP contribution in [-0.2, 0) is 11.2 Å². The van der Waals surface area contributed by atoms with Gasteiger partial charge in [0.25, 0.3) is 0 Å². The molecule has 1 aromatic rings. The number of carboxylic acids is 1. The third-order valence-electron chi connectivity index (χ3n) is 5.13. The molecule has 0 aromatic heterocycles. The molecule has 0 aliphatic heterocycles. The van der Waals surface area contributed by atoms with Crippen molar-refractivity contribution in [3.8, 4) is 0 Å². The highest BCUT2D eigenvalue weighted by Crippen LogP contribution is 2.27. The molecule has 4 nitrogen and oxygen atoms in total. The zero-order chi connectivity index (χ0) is 17.4. The lowest BCUT2D eigenvalue weighted by atomic mass is 9.85. The molecule has 1 unspecified atom stereocenters. The lowest BCUT2D eigenvalue weighted by Crippen LogP contribution is -2.29. The third kappa shape index (κ3) is 6.62. The SMILES string of the molecule is CC(NC[C@@H](O)CCC1CCCCC1)c1ccc(CC(=O)O)cc1. The Morgan fingerprint density at radius 2 is 1.88 bits per heavy atom. The monoisotopic (exact) mass is 333 g/mol. The molecule has 1 saturated carbocycles. The molecular formula is C20H31NO3. The summed E-state index contributed by atoms with van der Waals surface area (Å²) in [6.07, 6.45) is 8.54. The van der Waals surface area contributed by atoms with Crippen LogP contribution in [-0.4, -0.2) is 28.8 Å². The van der Waals surface area contributed by atoms with Crippen LogP contribution >= 0.6 is 0 Å². The Bertz CT molecular complexity index is 494. The van der Waals surface area contributed by atoms with Crippen LogP contribution in [0.3, 0.4) is 0 Å². The fourth-order valence-electron chi connectivity index (χ4n) is 3.54. The fourth-order valence-corrected chi connectivity index (χ4v) is 3.54. The maximum Gasteiger partial charge on any atom is 0.307 e. The second-order valence-corrected chi connectivity index (χ2v) is 7.18. The average Bonchev–Trinajstić information content (AvgIpc) is 2.59. The second-order valence-electron chi connectivity index (χ2n) is 7.18. The molecule has 3 N–H and O–H groups in total. The van der Waals surface area contributed by atoms with Crippen LogP contribution in [0.25, 0.3) is 0 Å². The van der Waals surface area contributed by atoms with Crippen LogP contribution < -0.4 is 5.32 Å². The van der Waals surface area contributed by atoms with Crippen LogP contribution in [0.15, 0.2) is 24.3 Å². The topological polar surface area (TPSA) is 69.6 Å². The Morgan fingerprint density at radius 3 is 2.50 bits per heavy atom. The molecule has 4 heteroatoms. The number of nitrogens with one attached hydrogen (secondary N) is 1. The van der Waals surface area contributed by atoms with E-state index >= 15 is 0 Å². The van der Waals surface area contributed by atoms with Crippen molar-refractivity contribution in [1.29, 1.82) is 0 Å². The Kier molecular flexibility index (Phi) is 7.73. The Balaban J connectivity index is 1.69. The standard InChI is InChI=1S/C20H31NO3/c1-15(18-10-7-17(8-11-18)13-20(23)24)21-14-19(22)12-9-16-5-3-2-4-6-16/h7-8,10-11,15-16,19,21-22H,2-6,9,12-14H2,1H3,(H,23,24)/t15?,19-/m0/s1. The van der Waals surface area contributed by atoms with Gasteiger partial charge in [0.05, 0.1) is 12.5 Å². The van der Waals surface area contributed by atoms with Crippen molar-refractivity contribution in [3.05, 3.63) is 35.4 Å². The predicted molar refractivity (Wildman–Crippen MR) is 96.0 cm³/mol. The van der Waals surface area contributed by atoms with Crippen molar-refractivity contribution in [1.82, 2.24) is 5.32 Å². The average molecular weight is 333 g/mol. The van der Waals surface area contributed by atoms with Crippen molar-refractivity contribution >= 4 is 5.97 Å². The first-order valence-electron chi connectivity index (χ1n) is 9.26. The molecule has 1 aliphatic rings.